The van der Waals surface area contributed by atoms with Crippen molar-refractivity contribution in [2.45, 2.75) is 6.92 Å². The van der Waals surface area contributed by atoms with Crippen molar-refractivity contribution >= 4 is 23.3 Å². The van der Waals surface area contributed by atoms with Gasteiger partial charge in [-0.1, -0.05) is 12.1 Å². The van der Waals surface area contributed by atoms with Crippen molar-refractivity contribution in [1.82, 2.24) is 4.90 Å². The molecule has 2 aromatic carbocycles. The third-order valence-corrected chi connectivity index (χ3v) is 4.78. The summed E-state index contributed by atoms with van der Waals surface area (Å²) in [6, 6.07) is 10.4. The Hall–Kier alpha value is -3.49. The van der Waals surface area contributed by atoms with Crippen LogP contribution in [-0.2, 0) is 9.53 Å². The molecule has 1 aliphatic heterocycles. The minimum Gasteiger partial charge on any atom is -0.452 e. The van der Waals surface area contributed by atoms with Crippen molar-refractivity contribution in [3.63, 3.8) is 0 Å². The lowest BCUT2D eigenvalue weighted by atomic mass is 10.1. The highest BCUT2D eigenvalue weighted by molar-refractivity contribution is 5.91. The highest BCUT2D eigenvalue weighted by Gasteiger charge is 2.24. The number of anilines is 1. The number of hydrogen-bond acceptors (Lipinski definition) is 6. The first-order chi connectivity index (χ1) is 13.9. The van der Waals surface area contributed by atoms with Gasteiger partial charge in [0.1, 0.15) is 5.82 Å². The molecule has 0 radical (unpaired) electrons. The van der Waals surface area contributed by atoms with Crippen LogP contribution in [0.25, 0.3) is 0 Å². The van der Waals surface area contributed by atoms with Crippen molar-refractivity contribution in [2.75, 3.05) is 37.7 Å². The van der Waals surface area contributed by atoms with Crippen LogP contribution in [-0.4, -0.2) is 54.5 Å². The summed E-state index contributed by atoms with van der Waals surface area (Å²) in [7, 11) is 0. The molecular formula is C20H20FN3O5. The number of halogens is 1. The molecule has 0 aromatic heterocycles. The van der Waals surface area contributed by atoms with Gasteiger partial charge in [-0.3, -0.25) is 14.9 Å². The van der Waals surface area contributed by atoms with Gasteiger partial charge in [-0.05, 0) is 31.2 Å². The Labute approximate surface area is 166 Å². The predicted octanol–water partition coefficient (Wildman–Crippen LogP) is 2.55. The molecule has 0 atom stereocenters. The monoisotopic (exact) mass is 401 g/mol. The van der Waals surface area contributed by atoms with E-state index in [1.807, 2.05) is 4.90 Å². The molecule has 8 nitrogen and oxygen atoms in total. The third kappa shape index (κ3) is 4.68. The number of piperazine rings is 1. The first kappa shape index (κ1) is 20.2. The van der Waals surface area contributed by atoms with Crippen molar-refractivity contribution in [2.24, 2.45) is 0 Å². The van der Waals surface area contributed by atoms with Gasteiger partial charge in [-0.2, -0.15) is 0 Å². The molecule has 29 heavy (non-hydrogen) atoms. The van der Waals surface area contributed by atoms with Gasteiger partial charge in [0, 0.05) is 37.8 Å². The lowest BCUT2D eigenvalue weighted by Crippen LogP contribution is -2.50. The molecule has 0 saturated carbocycles. The third-order valence-electron chi connectivity index (χ3n) is 4.78. The fourth-order valence-electron chi connectivity index (χ4n) is 3.19. The molecule has 152 valence electrons. The fourth-order valence-corrected chi connectivity index (χ4v) is 3.19. The Morgan fingerprint density at radius 1 is 1.14 bits per heavy atom. The first-order valence-corrected chi connectivity index (χ1v) is 9.06. The van der Waals surface area contributed by atoms with Crippen LogP contribution in [0.15, 0.2) is 42.5 Å². The van der Waals surface area contributed by atoms with Gasteiger partial charge in [0.15, 0.2) is 6.61 Å². The van der Waals surface area contributed by atoms with Gasteiger partial charge >= 0.3 is 5.97 Å². The average molecular weight is 401 g/mol. The zero-order valence-electron chi connectivity index (χ0n) is 15.8. The maximum atomic E-state index is 13.9. The summed E-state index contributed by atoms with van der Waals surface area (Å²) in [6.45, 7) is 2.83. The van der Waals surface area contributed by atoms with Crippen molar-refractivity contribution in [3.8, 4) is 0 Å². The van der Waals surface area contributed by atoms with E-state index in [0.29, 0.717) is 37.4 Å². The second kappa shape index (κ2) is 8.68. The number of aryl methyl sites for hydroxylation is 1. The molecule has 9 heteroatoms. The molecule has 1 aliphatic rings. The first-order valence-electron chi connectivity index (χ1n) is 9.06. The maximum absolute atomic E-state index is 13.9. The molecule has 3 rings (SSSR count). The van der Waals surface area contributed by atoms with E-state index >= 15 is 0 Å². The largest absolute Gasteiger partial charge is 0.452 e. The standard InChI is InChI=1S/C20H20FN3O5/c1-14-12-15(6-7-17(14)24(27)28)20(26)29-13-19(25)23-10-8-22(9-11-23)18-5-3-2-4-16(18)21/h2-7,12H,8-11,13H2,1H3. The van der Waals surface area contributed by atoms with Crippen LogP contribution in [0.1, 0.15) is 15.9 Å². The number of ether oxygens (including phenoxy) is 1. The Bertz CT molecular complexity index is 941. The number of amides is 1. The quantitative estimate of drug-likeness (QED) is 0.434. The molecule has 1 heterocycles. The van der Waals surface area contributed by atoms with Gasteiger partial charge in [-0.15, -0.1) is 0 Å². The molecule has 1 fully saturated rings. The average Bonchev–Trinajstić information content (AvgIpc) is 2.72. The molecule has 0 spiro atoms. The fraction of sp³-hybridized carbons (Fsp3) is 0.300. The van der Waals surface area contributed by atoms with E-state index in [9.17, 15) is 24.1 Å². The number of benzene rings is 2. The van der Waals surface area contributed by atoms with Crippen molar-refractivity contribution in [3.05, 3.63) is 69.5 Å². The van der Waals surface area contributed by atoms with Crippen LogP contribution in [0.5, 0.6) is 0 Å². The summed E-state index contributed by atoms with van der Waals surface area (Å²) in [5.74, 6) is -1.37. The van der Waals surface area contributed by atoms with Crippen LogP contribution < -0.4 is 4.90 Å². The van der Waals surface area contributed by atoms with E-state index in [0.717, 1.165) is 0 Å². The second-order valence-corrected chi connectivity index (χ2v) is 6.65. The van der Waals surface area contributed by atoms with Crippen LogP contribution in [0.4, 0.5) is 15.8 Å². The number of nitrogens with zero attached hydrogens (tertiary/aromatic N) is 3. The number of nitro benzene ring substituents is 1. The van der Waals surface area contributed by atoms with Gasteiger partial charge in [0.2, 0.25) is 0 Å². The van der Waals surface area contributed by atoms with Gasteiger partial charge in [0.25, 0.3) is 11.6 Å². The molecule has 0 unspecified atom stereocenters. The van der Waals surface area contributed by atoms with E-state index in [-0.39, 0.29) is 23.0 Å². The molecule has 1 saturated heterocycles. The minimum atomic E-state index is -0.721. The Balaban J connectivity index is 1.51. The highest BCUT2D eigenvalue weighted by atomic mass is 19.1. The maximum Gasteiger partial charge on any atom is 0.338 e. The van der Waals surface area contributed by atoms with E-state index < -0.39 is 17.5 Å². The smallest absolute Gasteiger partial charge is 0.338 e. The van der Waals surface area contributed by atoms with Crippen molar-refractivity contribution < 1.29 is 23.6 Å². The topological polar surface area (TPSA) is 93.0 Å². The summed E-state index contributed by atoms with van der Waals surface area (Å²) in [5.41, 5.74) is 0.884. The number of nitro groups is 1. The molecule has 0 N–H and O–H groups in total. The zero-order valence-corrected chi connectivity index (χ0v) is 15.8. The molecule has 0 aliphatic carbocycles. The van der Waals surface area contributed by atoms with Gasteiger partial charge in [0.05, 0.1) is 16.2 Å². The summed E-state index contributed by atoms with van der Waals surface area (Å²) >= 11 is 0. The van der Waals surface area contributed by atoms with Crippen LogP contribution in [0.3, 0.4) is 0 Å². The number of esters is 1. The SMILES string of the molecule is Cc1cc(C(=O)OCC(=O)N2CCN(c3ccccc3F)CC2)ccc1[N+](=O)[O-]. The number of para-hydroxylation sites is 1. The second-order valence-electron chi connectivity index (χ2n) is 6.65. The van der Waals surface area contributed by atoms with E-state index in [1.165, 1.54) is 31.2 Å². The number of hydrogen-bond donors (Lipinski definition) is 0. The van der Waals surface area contributed by atoms with Crippen LogP contribution >= 0.6 is 0 Å². The Morgan fingerprint density at radius 2 is 1.83 bits per heavy atom. The van der Waals surface area contributed by atoms with E-state index in [1.54, 1.807) is 23.1 Å². The summed E-state index contributed by atoms with van der Waals surface area (Å²) in [6.07, 6.45) is 0. The number of carbonyl (C=O) groups excluding carboxylic acids is 2. The summed E-state index contributed by atoms with van der Waals surface area (Å²) in [5, 5.41) is 10.8. The lowest BCUT2D eigenvalue weighted by molar-refractivity contribution is -0.385. The number of rotatable bonds is 5. The van der Waals surface area contributed by atoms with Crippen LogP contribution in [0, 0.1) is 22.9 Å². The molecular weight excluding hydrogens is 381 g/mol. The van der Waals surface area contributed by atoms with Crippen LogP contribution in [0.2, 0.25) is 0 Å². The molecule has 1 amide bonds. The Morgan fingerprint density at radius 3 is 2.45 bits per heavy atom. The van der Waals surface area contributed by atoms with Gasteiger partial charge in [-0.25, -0.2) is 9.18 Å². The highest BCUT2D eigenvalue weighted by Crippen LogP contribution is 2.21. The van der Waals surface area contributed by atoms with E-state index in [4.69, 9.17) is 4.74 Å². The van der Waals surface area contributed by atoms with Crippen molar-refractivity contribution in [1.29, 1.82) is 0 Å². The normalized spacial score (nSPS) is 13.9. The minimum absolute atomic E-state index is 0.0923. The van der Waals surface area contributed by atoms with E-state index in [2.05, 4.69) is 0 Å². The van der Waals surface area contributed by atoms with Gasteiger partial charge < -0.3 is 14.5 Å². The lowest BCUT2D eigenvalue weighted by Gasteiger charge is -2.36. The molecule has 2 aromatic rings. The summed E-state index contributed by atoms with van der Waals surface area (Å²) < 4.78 is 18.9. The predicted molar refractivity (Wildman–Crippen MR) is 103 cm³/mol. The number of carbonyl (C=O) groups is 2. The summed E-state index contributed by atoms with van der Waals surface area (Å²) in [4.78, 5) is 38.2. The zero-order chi connectivity index (χ0) is 21.0. The Kier molecular flexibility index (Phi) is 6.06. The molecule has 0 bridgehead atoms.